The summed E-state index contributed by atoms with van der Waals surface area (Å²) in [5.41, 5.74) is 1.69. The molecule has 2 amide bonds. The van der Waals surface area contributed by atoms with Crippen LogP contribution in [-0.4, -0.2) is 78.9 Å². The number of hydrogen-bond donors (Lipinski definition) is 2. The molecule has 3 fully saturated rings. The van der Waals surface area contributed by atoms with E-state index in [1.807, 2.05) is 17.2 Å². The van der Waals surface area contributed by atoms with Crippen LogP contribution in [0.25, 0.3) is 16.5 Å². The van der Waals surface area contributed by atoms with Gasteiger partial charge in [0, 0.05) is 36.9 Å². The molecule has 1 saturated heterocycles. The van der Waals surface area contributed by atoms with E-state index in [9.17, 15) is 14.7 Å². The van der Waals surface area contributed by atoms with Gasteiger partial charge in [0.1, 0.15) is 17.0 Å². The Morgan fingerprint density at radius 1 is 1.23 bits per heavy atom. The van der Waals surface area contributed by atoms with E-state index >= 15 is 0 Å². The quantitative estimate of drug-likeness (QED) is 0.625. The number of aliphatic hydroxyl groups is 1. The van der Waals surface area contributed by atoms with Crippen LogP contribution in [0, 0.1) is 11.8 Å². The number of allylic oxidation sites excluding steroid dienone is 2. The maximum atomic E-state index is 13.3. The fraction of sp³-hybridized carbons (Fsp3) is 0.538. The van der Waals surface area contributed by atoms with Crippen molar-refractivity contribution in [1.82, 2.24) is 20.0 Å². The smallest absolute Gasteiger partial charge is 0.255 e. The second kappa shape index (κ2) is 7.40. The molecule has 1 aromatic heterocycles. The van der Waals surface area contributed by atoms with Gasteiger partial charge in [-0.3, -0.25) is 24.6 Å². The number of carbonyl (C=O) groups excluding carboxylic acids is 2. The fourth-order valence-electron chi connectivity index (χ4n) is 5.84. The van der Waals surface area contributed by atoms with Crippen LogP contribution in [0.1, 0.15) is 44.1 Å². The Kier molecular flexibility index (Phi) is 4.56. The second-order valence-corrected chi connectivity index (χ2v) is 11.5. The van der Waals surface area contributed by atoms with E-state index in [1.54, 1.807) is 4.90 Å². The third-order valence-electron chi connectivity index (χ3n) is 8.39. The Bertz CT molecular complexity index is 1300. The first kappa shape index (κ1) is 21.6. The Morgan fingerprint density at radius 3 is 2.74 bits per heavy atom. The number of benzene rings is 1. The monoisotopic (exact) mass is 493 g/mol. The van der Waals surface area contributed by atoms with E-state index in [0.29, 0.717) is 32.5 Å². The molecule has 3 heterocycles. The minimum Gasteiger partial charge on any atom is -0.380 e. The SMILES string of the molecule is O=C(N1CC(CN2C(=O)C3(CC3)N=C2C2CCC(c3ccc4[nH]ncc4c3)=CC2Cl)C1)C1(O)CC1. The molecule has 182 valence electrons. The largest absolute Gasteiger partial charge is 0.380 e. The van der Waals surface area contributed by atoms with Crippen molar-refractivity contribution in [2.45, 2.75) is 55.0 Å². The summed E-state index contributed by atoms with van der Waals surface area (Å²) in [6.07, 6.45) is 8.39. The molecule has 2 saturated carbocycles. The molecule has 7 rings (SSSR count). The van der Waals surface area contributed by atoms with E-state index in [4.69, 9.17) is 16.6 Å². The Labute approximate surface area is 208 Å². The Hall–Kier alpha value is -2.71. The van der Waals surface area contributed by atoms with E-state index in [-0.39, 0.29) is 29.0 Å². The van der Waals surface area contributed by atoms with Crippen molar-refractivity contribution in [1.29, 1.82) is 0 Å². The second-order valence-electron chi connectivity index (χ2n) is 11.0. The minimum atomic E-state index is -1.13. The summed E-state index contributed by atoms with van der Waals surface area (Å²) in [4.78, 5) is 34.2. The molecule has 9 heteroatoms. The highest BCUT2D eigenvalue weighted by Gasteiger charge is 2.59. The fourth-order valence-corrected chi connectivity index (χ4v) is 6.23. The van der Waals surface area contributed by atoms with Gasteiger partial charge in [-0.1, -0.05) is 12.1 Å². The van der Waals surface area contributed by atoms with Gasteiger partial charge in [0.25, 0.3) is 11.8 Å². The van der Waals surface area contributed by atoms with Crippen LogP contribution in [0.15, 0.2) is 35.5 Å². The lowest BCUT2D eigenvalue weighted by atomic mass is 9.84. The lowest BCUT2D eigenvalue weighted by molar-refractivity contribution is -0.149. The zero-order valence-electron chi connectivity index (χ0n) is 19.4. The predicted octanol–water partition coefficient (Wildman–Crippen LogP) is 2.72. The first-order chi connectivity index (χ1) is 16.9. The molecule has 1 aromatic carbocycles. The molecular weight excluding hydrogens is 466 g/mol. The molecule has 0 bridgehead atoms. The van der Waals surface area contributed by atoms with Crippen LogP contribution in [0.4, 0.5) is 0 Å². The summed E-state index contributed by atoms with van der Waals surface area (Å²) in [5, 5.41) is 18.0. The maximum absolute atomic E-state index is 13.3. The first-order valence-corrected chi connectivity index (χ1v) is 13.0. The Morgan fingerprint density at radius 2 is 2.03 bits per heavy atom. The summed E-state index contributed by atoms with van der Waals surface area (Å²) in [5.74, 6) is 0.968. The number of rotatable bonds is 5. The zero-order chi connectivity index (χ0) is 23.9. The number of H-pyrrole nitrogens is 1. The van der Waals surface area contributed by atoms with Gasteiger partial charge in [-0.15, -0.1) is 11.6 Å². The van der Waals surface area contributed by atoms with Gasteiger partial charge in [0.2, 0.25) is 0 Å². The molecule has 0 radical (unpaired) electrons. The van der Waals surface area contributed by atoms with Crippen molar-refractivity contribution in [2.24, 2.45) is 16.8 Å². The molecule has 2 unspecified atom stereocenters. The van der Waals surface area contributed by atoms with Crippen molar-refractivity contribution in [3.05, 3.63) is 36.0 Å². The maximum Gasteiger partial charge on any atom is 0.255 e. The number of hydrogen-bond acceptors (Lipinski definition) is 5. The zero-order valence-corrected chi connectivity index (χ0v) is 20.2. The number of nitrogens with zero attached hydrogens (tertiary/aromatic N) is 4. The molecule has 1 spiro atoms. The Balaban J connectivity index is 1.08. The van der Waals surface area contributed by atoms with E-state index in [2.05, 4.69) is 28.4 Å². The van der Waals surface area contributed by atoms with Crippen molar-refractivity contribution in [2.75, 3.05) is 19.6 Å². The third kappa shape index (κ3) is 3.44. The molecule has 2 atom stereocenters. The predicted molar refractivity (Wildman–Crippen MR) is 132 cm³/mol. The van der Waals surface area contributed by atoms with Crippen LogP contribution in [0.5, 0.6) is 0 Å². The average molecular weight is 494 g/mol. The number of amides is 2. The number of amidine groups is 1. The lowest BCUT2D eigenvalue weighted by Gasteiger charge is -2.42. The van der Waals surface area contributed by atoms with Crippen LogP contribution in [0.2, 0.25) is 0 Å². The van der Waals surface area contributed by atoms with Crippen LogP contribution < -0.4 is 0 Å². The number of alkyl halides is 1. The number of halogens is 1. The normalized spacial score (nSPS) is 28.8. The molecule has 2 N–H and O–H groups in total. The van der Waals surface area contributed by atoms with Gasteiger partial charge in [-0.2, -0.15) is 5.10 Å². The first-order valence-electron chi connectivity index (χ1n) is 12.6. The van der Waals surface area contributed by atoms with Crippen LogP contribution >= 0.6 is 11.6 Å². The standard InChI is InChI=1S/C26H28ClN5O3/c27-20-10-17(16-2-4-21-18(9-16)11-28-30-21)1-3-19(20)22-29-25(5-6-25)23(33)32(22)14-15-12-31(13-15)24(34)26(35)7-8-26/h2,4,9-11,15,19-20,35H,1,3,5-8,12-14H2,(H,28,30). The summed E-state index contributed by atoms with van der Waals surface area (Å²) in [7, 11) is 0. The summed E-state index contributed by atoms with van der Waals surface area (Å²) >= 11 is 6.94. The summed E-state index contributed by atoms with van der Waals surface area (Å²) < 4.78 is 0. The molecule has 2 aromatic rings. The molecule has 8 nitrogen and oxygen atoms in total. The van der Waals surface area contributed by atoms with Crippen molar-refractivity contribution >= 4 is 45.7 Å². The van der Waals surface area contributed by atoms with Gasteiger partial charge in [0.05, 0.1) is 17.1 Å². The number of aromatic nitrogens is 2. The van der Waals surface area contributed by atoms with Crippen LogP contribution in [-0.2, 0) is 9.59 Å². The summed E-state index contributed by atoms with van der Waals surface area (Å²) in [6.45, 7) is 1.73. The summed E-state index contributed by atoms with van der Waals surface area (Å²) in [6, 6.07) is 6.28. The van der Waals surface area contributed by atoms with E-state index < -0.39 is 11.1 Å². The minimum absolute atomic E-state index is 0.00742. The highest BCUT2D eigenvalue weighted by Crippen LogP contribution is 2.48. The number of nitrogens with one attached hydrogen (secondary N) is 1. The molecule has 35 heavy (non-hydrogen) atoms. The van der Waals surface area contributed by atoms with Gasteiger partial charge >= 0.3 is 0 Å². The number of fused-ring (bicyclic) bond motifs is 1. The van der Waals surface area contributed by atoms with Gasteiger partial charge in [-0.25, -0.2) is 0 Å². The van der Waals surface area contributed by atoms with E-state index in [1.165, 1.54) is 5.57 Å². The molecule has 5 aliphatic rings. The van der Waals surface area contributed by atoms with E-state index in [0.717, 1.165) is 48.0 Å². The third-order valence-corrected chi connectivity index (χ3v) is 8.82. The number of likely N-dealkylation sites (tertiary alicyclic amines) is 1. The van der Waals surface area contributed by atoms with Gasteiger partial charge in [-0.05, 0) is 61.8 Å². The lowest BCUT2D eigenvalue weighted by Crippen LogP contribution is -2.58. The topological polar surface area (TPSA) is 102 Å². The average Bonchev–Trinajstić information content (AvgIpc) is 3.70. The highest BCUT2D eigenvalue weighted by atomic mass is 35.5. The van der Waals surface area contributed by atoms with Crippen molar-refractivity contribution < 1.29 is 14.7 Å². The van der Waals surface area contributed by atoms with Crippen molar-refractivity contribution in [3.8, 4) is 0 Å². The number of aliphatic imine (C=N–C) groups is 1. The number of carbonyl (C=O) groups is 2. The number of aromatic amines is 1. The highest BCUT2D eigenvalue weighted by molar-refractivity contribution is 6.25. The van der Waals surface area contributed by atoms with Gasteiger partial charge in [0.15, 0.2) is 0 Å². The molecule has 2 aliphatic heterocycles. The molecule has 3 aliphatic carbocycles. The molecular formula is C26H28ClN5O3. The van der Waals surface area contributed by atoms with Crippen LogP contribution in [0.3, 0.4) is 0 Å². The van der Waals surface area contributed by atoms with Gasteiger partial charge < -0.3 is 10.0 Å². The van der Waals surface area contributed by atoms with Crippen molar-refractivity contribution in [3.63, 3.8) is 0 Å².